The second-order valence-electron chi connectivity index (χ2n) is 4.59. The summed E-state index contributed by atoms with van der Waals surface area (Å²) in [6, 6.07) is 20.9. The number of aliphatic carboxylic acids is 1. The lowest BCUT2D eigenvalue weighted by Gasteiger charge is -2.12. The van der Waals surface area contributed by atoms with E-state index in [2.05, 4.69) is 4.98 Å². The minimum absolute atomic E-state index is 0.653. The molecule has 0 fully saturated rings. The van der Waals surface area contributed by atoms with Crippen molar-refractivity contribution in [1.29, 1.82) is 0 Å². The highest BCUT2D eigenvalue weighted by Crippen LogP contribution is 2.35. The Morgan fingerprint density at radius 2 is 1.67 bits per heavy atom. The smallest absolute Gasteiger partial charge is 0.321 e. The van der Waals surface area contributed by atoms with E-state index in [0.717, 1.165) is 16.5 Å². The fourth-order valence-corrected chi connectivity index (χ4v) is 3.06. The minimum Gasteiger partial charge on any atom is -0.480 e. The number of benzene rings is 2. The molecule has 3 nitrogen and oxygen atoms in total. The Labute approximate surface area is 126 Å². The number of carboxylic acids is 1. The predicted molar refractivity (Wildman–Crippen MR) is 84.4 cm³/mol. The van der Waals surface area contributed by atoms with Gasteiger partial charge in [-0.25, -0.2) is 4.98 Å². The quantitative estimate of drug-likeness (QED) is 0.734. The number of carboxylic acid groups (broad SMARTS) is 1. The van der Waals surface area contributed by atoms with Crippen molar-refractivity contribution >= 4 is 28.6 Å². The summed E-state index contributed by atoms with van der Waals surface area (Å²) in [5.41, 5.74) is 1.64. The van der Waals surface area contributed by atoms with E-state index in [1.54, 1.807) is 0 Å². The maximum absolute atomic E-state index is 11.5. The van der Waals surface area contributed by atoms with Crippen LogP contribution in [0.4, 0.5) is 0 Å². The standard InChI is InChI=1S/C17H13NO2S/c19-17(20)16(13-7-2-1-3-8-13)21-15-11-10-12-6-4-5-9-14(12)18-15/h1-11,16H,(H,19,20)/t16-/m0/s1. The van der Waals surface area contributed by atoms with Crippen LogP contribution in [0.1, 0.15) is 10.8 Å². The van der Waals surface area contributed by atoms with Crippen LogP contribution in [0.3, 0.4) is 0 Å². The molecule has 104 valence electrons. The summed E-state index contributed by atoms with van der Waals surface area (Å²) < 4.78 is 0. The number of rotatable bonds is 4. The highest BCUT2D eigenvalue weighted by atomic mass is 32.2. The number of carbonyl (C=O) groups is 1. The summed E-state index contributed by atoms with van der Waals surface area (Å²) in [6.45, 7) is 0. The third kappa shape index (κ3) is 3.06. The molecular weight excluding hydrogens is 282 g/mol. The number of hydrogen-bond acceptors (Lipinski definition) is 3. The SMILES string of the molecule is O=C(O)[C@@H](Sc1ccc2ccccc2n1)c1ccccc1. The number of fused-ring (bicyclic) bond motifs is 1. The van der Waals surface area contributed by atoms with E-state index in [1.807, 2.05) is 66.7 Å². The summed E-state index contributed by atoms with van der Waals surface area (Å²) in [6.07, 6.45) is 0. The Bertz CT molecular complexity index is 774. The first-order valence-corrected chi connectivity index (χ1v) is 7.42. The topological polar surface area (TPSA) is 50.2 Å². The lowest BCUT2D eigenvalue weighted by molar-refractivity contribution is -0.136. The van der Waals surface area contributed by atoms with Crippen LogP contribution < -0.4 is 0 Å². The average Bonchev–Trinajstić information content (AvgIpc) is 2.53. The molecule has 1 N–H and O–H groups in total. The molecule has 1 atom stereocenters. The van der Waals surface area contributed by atoms with Crippen molar-refractivity contribution in [2.45, 2.75) is 10.3 Å². The first-order valence-electron chi connectivity index (χ1n) is 6.54. The van der Waals surface area contributed by atoms with Crippen molar-refractivity contribution in [3.8, 4) is 0 Å². The van der Waals surface area contributed by atoms with Crippen molar-refractivity contribution in [2.24, 2.45) is 0 Å². The first kappa shape index (κ1) is 13.6. The van der Waals surface area contributed by atoms with Gasteiger partial charge in [0.05, 0.1) is 10.5 Å². The number of aromatic nitrogens is 1. The van der Waals surface area contributed by atoms with Crippen LogP contribution in [0, 0.1) is 0 Å². The second-order valence-corrected chi connectivity index (χ2v) is 5.71. The normalized spacial score (nSPS) is 12.2. The Balaban J connectivity index is 1.93. The zero-order valence-corrected chi connectivity index (χ0v) is 12.0. The van der Waals surface area contributed by atoms with E-state index in [9.17, 15) is 9.90 Å². The summed E-state index contributed by atoms with van der Waals surface area (Å²) in [4.78, 5) is 16.0. The lowest BCUT2D eigenvalue weighted by atomic mass is 10.1. The molecule has 3 aromatic rings. The van der Waals surface area contributed by atoms with E-state index in [-0.39, 0.29) is 0 Å². The first-order chi connectivity index (χ1) is 10.2. The van der Waals surface area contributed by atoms with Crippen LogP contribution in [0.15, 0.2) is 71.8 Å². The highest BCUT2D eigenvalue weighted by Gasteiger charge is 2.21. The van der Waals surface area contributed by atoms with Crippen molar-refractivity contribution in [1.82, 2.24) is 4.98 Å². The van der Waals surface area contributed by atoms with Crippen molar-refractivity contribution < 1.29 is 9.90 Å². The van der Waals surface area contributed by atoms with Crippen LogP contribution in [0.25, 0.3) is 10.9 Å². The van der Waals surface area contributed by atoms with E-state index < -0.39 is 11.2 Å². The van der Waals surface area contributed by atoms with E-state index in [1.165, 1.54) is 11.8 Å². The van der Waals surface area contributed by atoms with Gasteiger partial charge in [-0.2, -0.15) is 0 Å². The Morgan fingerprint density at radius 3 is 2.43 bits per heavy atom. The molecule has 0 spiro atoms. The van der Waals surface area contributed by atoms with Crippen LogP contribution >= 0.6 is 11.8 Å². The molecule has 0 amide bonds. The molecule has 0 bridgehead atoms. The molecule has 4 heteroatoms. The molecule has 0 aliphatic rings. The van der Waals surface area contributed by atoms with Gasteiger partial charge < -0.3 is 5.11 Å². The molecule has 1 heterocycles. The van der Waals surface area contributed by atoms with E-state index in [0.29, 0.717) is 5.03 Å². The number of hydrogen-bond donors (Lipinski definition) is 1. The van der Waals surface area contributed by atoms with Crippen molar-refractivity contribution in [2.75, 3.05) is 0 Å². The second kappa shape index (κ2) is 5.97. The van der Waals surface area contributed by atoms with Crippen LogP contribution in [0.5, 0.6) is 0 Å². The summed E-state index contributed by atoms with van der Waals surface area (Å²) >= 11 is 1.25. The number of para-hydroxylation sites is 1. The molecule has 1 aromatic heterocycles. The molecule has 0 aliphatic heterocycles. The van der Waals surface area contributed by atoms with Gasteiger partial charge in [-0.05, 0) is 17.7 Å². The molecule has 2 aromatic carbocycles. The Hall–Kier alpha value is -2.33. The van der Waals surface area contributed by atoms with Gasteiger partial charge in [-0.15, -0.1) is 0 Å². The number of pyridine rings is 1. The maximum Gasteiger partial charge on any atom is 0.321 e. The van der Waals surface area contributed by atoms with Crippen molar-refractivity contribution in [3.63, 3.8) is 0 Å². The van der Waals surface area contributed by atoms with Gasteiger partial charge >= 0.3 is 5.97 Å². The molecule has 21 heavy (non-hydrogen) atoms. The summed E-state index contributed by atoms with van der Waals surface area (Å²) in [5, 5.41) is 10.6. The van der Waals surface area contributed by atoms with Gasteiger partial charge in [0.25, 0.3) is 0 Å². The van der Waals surface area contributed by atoms with Crippen LogP contribution in [-0.2, 0) is 4.79 Å². The fraction of sp³-hybridized carbons (Fsp3) is 0.0588. The monoisotopic (exact) mass is 295 g/mol. The third-order valence-electron chi connectivity index (χ3n) is 3.14. The van der Waals surface area contributed by atoms with Crippen molar-refractivity contribution in [3.05, 3.63) is 72.3 Å². The van der Waals surface area contributed by atoms with Crippen LogP contribution in [0.2, 0.25) is 0 Å². The number of thioether (sulfide) groups is 1. The van der Waals surface area contributed by atoms with Crippen LogP contribution in [-0.4, -0.2) is 16.1 Å². The molecule has 0 unspecified atom stereocenters. The molecule has 0 aliphatic carbocycles. The van der Waals surface area contributed by atoms with Gasteiger partial charge in [-0.1, -0.05) is 66.4 Å². The fourth-order valence-electron chi connectivity index (χ4n) is 2.12. The summed E-state index contributed by atoms with van der Waals surface area (Å²) in [5.74, 6) is -0.860. The van der Waals surface area contributed by atoms with Gasteiger partial charge in [0.2, 0.25) is 0 Å². The Morgan fingerprint density at radius 1 is 0.952 bits per heavy atom. The largest absolute Gasteiger partial charge is 0.480 e. The Kier molecular flexibility index (Phi) is 3.88. The summed E-state index contributed by atoms with van der Waals surface area (Å²) in [7, 11) is 0. The van der Waals surface area contributed by atoms with Gasteiger partial charge in [0, 0.05) is 5.39 Å². The molecular formula is C17H13NO2S. The molecule has 0 radical (unpaired) electrons. The van der Waals surface area contributed by atoms with E-state index in [4.69, 9.17) is 0 Å². The lowest BCUT2D eigenvalue weighted by Crippen LogP contribution is -2.08. The third-order valence-corrected chi connectivity index (χ3v) is 4.32. The zero-order valence-electron chi connectivity index (χ0n) is 11.1. The average molecular weight is 295 g/mol. The van der Waals surface area contributed by atoms with E-state index >= 15 is 0 Å². The molecule has 3 rings (SSSR count). The molecule has 0 saturated carbocycles. The maximum atomic E-state index is 11.5. The van der Waals surface area contributed by atoms with Gasteiger partial charge in [0.15, 0.2) is 0 Å². The number of nitrogens with zero attached hydrogens (tertiary/aromatic N) is 1. The predicted octanol–water partition coefficient (Wildman–Crippen LogP) is 4.15. The molecule has 0 saturated heterocycles. The minimum atomic E-state index is -0.860. The highest BCUT2D eigenvalue weighted by molar-refractivity contribution is 8.00. The zero-order chi connectivity index (χ0) is 14.7. The van der Waals surface area contributed by atoms with Gasteiger partial charge in [-0.3, -0.25) is 4.79 Å². The van der Waals surface area contributed by atoms with Gasteiger partial charge in [0.1, 0.15) is 5.25 Å².